The second kappa shape index (κ2) is 5.73. The molecule has 4 heteroatoms. The lowest BCUT2D eigenvalue weighted by atomic mass is 9.76. The number of nitrogen functional groups attached to an aromatic ring is 1. The highest BCUT2D eigenvalue weighted by atomic mass is 16.5. The molecule has 0 aromatic heterocycles. The molecule has 1 aromatic rings. The van der Waals surface area contributed by atoms with Gasteiger partial charge in [0.15, 0.2) is 0 Å². The minimum absolute atomic E-state index is 0.0111. The zero-order chi connectivity index (χ0) is 14.8. The van der Waals surface area contributed by atoms with Gasteiger partial charge in [-0.25, -0.2) is 4.79 Å². The van der Waals surface area contributed by atoms with E-state index in [9.17, 15) is 4.79 Å². The number of benzene rings is 1. The van der Waals surface area contributed by atoms with Gasteiger partial charge in [-0.15, -0.1) is 0 Å². The first kappa shape index (κ1) is 14.7. The van der Waals surface area contributed by atoms with Gasteiger partial charge in [-0.05, 0) is 43.2 Å². The third-order valence-electron chi connectivity index (χ3n) is 4.04. The number of anilines is 1. The fourth-order valence-electron chi connectivity index (χ4n) is 2.56. The van der Waals surface area contributed by atoms with Crippen molar-refractivity contribution in [3.05, 3.63) is 23.8 Å². The minimum Gasteiger partial charge on any atom is -0.497 e. The zero-order valence-electron chi connectivity index (χ0n) is 12.4. The third-order valence-corrected chi connectivity index (χ3v) is 4.04. The van der Waals surface area contributed by atoms with Crippen LogP contribution in [-0.2, 0) is 4.74 Å². The summed E-state index contributed by atoms with van der Waals surface area (Å²) in [5.41, 5.74) is 7.03. The van der Waals surface area contributed by atoms with E-state index in [0.29, 0.717) is 22.4 Å². The van der Waals surface area contributed by atoms with Gasteiger partial charge in [-0.1, -0.05) is 13.8 Å². The molecule has 0 spiro atoms. The highest BCUT2D eigenvalue weighted by Gasteiger charge is 2.29. The summed E-state index contributed by atoms with van der Waals surface area (Å²) in [6, 6.07) is 5.01. The molecule has 0 saturated heterocycles. The summed E-state index contributed by atoms with van der Waals surface area (Å²) in [6.45, 7) is 4.51. The van der Waals surface area contributed by atoms with E-state index in [1.54, 1.807) is 25.3 Å². The molecule has 110 valence electrons. The largest absolute Gasteiger partial charge is 0.497 e. The molecule has 0 bridgehead atoms. The Bertz CT molecular complexity index is 486. The van der Waals surface area contributed by atoms with Crippen molar-refractivity contribution in [3.63, 3.8) is 0 Å². The molecule has 0 aliphatic heterocycles. The highest BCUT2D eigenvalue weighted by molar-refractivity contribution is 5.95. The molecular weight excluding hydrogens is 254 g/mol. The van der Waals surface area contributed by atoms with Gasteiger partial charge in [0, 0.05) is 11.8 Å². The van der Waals surface area contributed by atoms with Crippen LogP contribution in [0.5, 0.6) is 5.75 Å². The monoisotopic (exact) mass is 277 g/mol. The van der Waals surface area contributed by atoms with Gasteiger partial charge in [0.1, 0.15) is 11.9 Å². The van der Waals surface area contributed by atoms with Crippen LogP contribution in [-0.4, -0.2) is 19.2 Å². The van der Waals surface area contributed by atoms with Crippen molar-refractivity contribution in [1.29, 1.82) is 0 Å². The number of esters is 1. The second-order valence-electron chi connectivity index (χ2n) is 6.22. The molecule has 1 fully saturated rings. The first-order chi connectivity index (χ1) is 9.41. The molecule has 20 heavy (non-hydrogen) atoms. The van der Waals surface area contributed by atoms with Gasteiger partial charge in [-0.2, -0.15) is 0 Å². The molecular formula is C16H23NO3. The van der Waals surface area contributed by atoms with E-state index >= 15 is 0 Å². The molecule has 0 heterocycles. The summed E-state index contributed by atoms with van der Waals surface area (Å²) in [5.74, 6) is 0.299. The topological polar surface area (TPSA) is 61.5 Å². The predicted molar refractivity (Wildman–Crippen MR) is 78.9 cm³/mol. The summed E-state index contributed by atoms with van der Waals surface area (Å²) in [6.07, 6.45) is 4.03. The highest BCUT2D eigenvalue weighted by Crippen LogP contribution is 2.36. The average molecular weight is 277 g/mol. The van der Waals surface area contributed by atoms with E-state index in [1.165, 1.54) is 0 Å². The summed E-state index contributed by atoms with van der Waals surface area (Å²) in [5, 5.41) is 0. The van der Waals surface area contributed by atoms with E-state index in [1.807, 2.05) is 0 Å². The van der Waals surface area contributed by atoms with Gasteiger partial charge < -0.3 is 15.2 Å². The normalized spacial score (nSPS) is 18.6. The van der Waals surface area contributed by atoms with Crippen LogP contribution >= 0.6 is 0 Å². The summed E-state index contributed by atoms with van der Waals surface area (Å²) < 4.78 is 10.6. The van der Waals surface area contributed by atoms with Crippen molar-refractivity contribution in [2.75, 3.05) is 12.8 Å². The first-order valence-electron chi connectivity index (χ1n) is 7.06. The minimum atomic E-state index is -0.338. The molecule has 4 nitrogen and oxygen atoms in total. The summed E-state index contributed by atoms with van der Waals surface area (Å²) in [7, 11) is 1.57. The van der Waals surface area contributed by atoms with E-state index in [-0.39, 0.29) is 12.1 Å². The summed E-state index contributed by atoms with van der Waals surface area (Å²) in [4.78, 5) is 12.2. The predicted octanol–water partition coefficient (Wildman–Crippen LogP) is 3.40. The van der Waals surface area contributed by atoms with Crippen LogP contribution in [0.15, 0.2) is 18.2 Å². The maximum atomic E-state index is 12.2. The molecule has 2 rings (SSSR count). The molecule has 1 aromatic carbocycles. The van der Waals surface area contributed by atoms with E-state index in [2.05, 4.69) is 13.8 Å². The number of methoxy groups -OCH3 is 1. The van der Waals surface area contributed by atoms with Crippen molar-refractivity contribution in [3.8, 4) is 5.75 Å². The Morgan fingerprint density at radius 3 is 2.50 bits per heavy atom. The van der Waals surface area contributed by atoms with Crippen LogP contribution in [0.2, 0.25) is 0 Å². The van der Waals surface area contributed by atoms with Crippen LogP contribution in [0.25, 0.3) is 0 Å². The van der Waals surface area contributed by atoms with Gasteiger partial charge >= 0.3 is 5.97 Å². The number of hydrogen-bond acceptors (Lipinski definition) is 4. The first-order valence-corrected chi connectivity index (χ1v) is 7.06. The number of ether oxygens (including phenoxy) is 2. The molecule has 0 amide bonds. The molecule has 1 aliphatic carbocycles. The lowest BCUT2D eigenvalue weighted by Crippen LogP contribution is -2.28. The van der Waals surface area contributed by atoms with E-state index < -0.39 is 0 Å². The standard InChI is InChI=1S/C16H23NO3/c1-16(2)8-6-11(7-9-16)20-15(18)13-5-4-12(19-3)10-14(13)17/h4-5,10-11H,6-9,17H2,1-3H3. The number of nitrogens with two attached hydrogens (primary N) is 1. The van der Waals surface area contributed by atoms with Crippen molar-refractivity contribution in [1.82, 2.24) is 0 Å². The zero-order valence-corrected chi connectivity index (χ0v) is 12.4. The molecule has 1 saturated carbocycles. The maximum absolute atomic E-state index is 12.2. The Morgan fingerprint density at radius 1 is 1.30 bits per heavy atom. The number of carbonyl (C=O) groups excluding carboxylic acids is 1. The number of carbonyl (C=O) groups is 1. The van der Waals surface area contributed by atoms with Gasteiger partial charge in [0.05, 0.1) is 12.7 Å². The van der Waals surface area contributed by atoms with E-state index in [4.69, 9.17) is 15.2 Å². The lowest BCUT2D eigenvalue weighted by Gasteiger charge is -2.33. The SMILES string of the molecule is COc1ccc(C(=O)OC2CCC(C)(C)CC2)c(N)c1. The Hall–Kier alpha value is -1.71. The van der Waals surface area contributed by atoms with Gasteiger partial charge in [0.2, 0.25) is 0 Å². The molecule has 0 atom stereocenters. The number of rotatable bonds is 3. The molecule has 0 unspecified atom stereocenters. The Labute approximate surface area is 120 Å². The van der Waals surface area contributed by atoms with Crippen LogP contribution in [0.4, 0.5) is 5.69 Å². The second-order valence-corrected chi connectivity index (χ2v) is 6.22. The fraction of sp³-hybridized carbons (Fsp3) is 0.562. The smallest absolute Gasteiger partial charge is 0.340 e. The van der Waals surface area contributed by atoms with Crippen molar-refractivity contribution in [2.24, 2.45) is 5.41 Å². The van der Waals surface area contributed by atoms with E-state index in [0.717, 1.165) is 25.7 Å². The molecule has 0 radical (unpaired) electrons. The Kier molecular flexibility index (Phi) is 4.21. The fourth-order valence-corrected chi connectivity index (χ4v) is 2.56. The summed E-state index contributed by atoms with van der Waals surface area (Å²) >= 11 is 0. The average Bonchev–Trinajstić information content (AvgIpc) is 2.40. The van der Waals surface area contributed by atoms with Crippen LogP contribution in [0.1, 0.15) is 49.9 Å². The lowest BCUT2D eigenvalue weighted by molar-refractivity contribution is 0.00962. The third kappa shape index (κ3) is 3.44. The van der Waals surface area contributed by atoms with Crippen LogP contribution in [0, 0.1) is 5.41 Å². The van der Waals surface area contributed by atoms with Crippen molar-refractivity contribution in [2.45, 2.75) is 45.6 Å². The van der Waals surface area contributed by atoms with Crippen LogP contribution < -0.4 is 10.5 Å². The molecule has 2 N–H and O–H groups in total. The van der Waals surface area contributed by atoms with Crippen molar-refractivity contribution >= 4 is 11.7 Å². The molecule has 1 aliphatic rings. The maximum Gasteiger partial charge on any atom is 0.340 e. The Morgan fingerprint density at radius 2 is 1.95 bits per heavy atom. The van der Waals surface area contributed by atoms with Gasteiger partial charge in [0.25, 0.3) is 0 Å². The Balaban J connectivity index is 1.99. The quantitative estimate of drug-likeness (QED) is 0.679. The number of hydrogen-bond donors (Lipinski definition) is 1. The van der Waals surface area contributed by atoms with Gasteiger partial charge in [-0.3, -0.25) is 0 Å². The van der Waals surface area contributed by atoms with Crippen molar-refractivity contribution < 1.29 is 14.3 Å². The van der Waals surface area contributed by atoms with Crippen LogP contribution in [0.3, 0.4) is 0 Å².